The van der Waals surface area contributed by atoms with Crippen LogP contribution in [0, 0.1) is 12.3 Å². The highest BCUT2D eigenvalue weighted by molar-refractivity contribution is 7.10. The van der Waals surface area contributed by atoms with Crippen molar-refractivity contribution in [3.05, 3.63) is 21.9 Å². The maximum Gasteiger partial charge on any atom is 0.193 e. The van der Waals surface area contributed by atoms with E-state index in [1.165, 1.54) is 16.9 Å². The fourth-order valence-corrected chi connectivity index (χ4v) is 3.22. The van der Waals surface area contributed by atoms with Crippen LogP contribution in [-0.4, -0.2) is 31.0 Å². The average molecular weight is 265 g/mol. The molecule has 0 saturated carbocycles. The Labute approximate surface area is 114 Å². The van der Waals surface area contributed by atoms with Crippen molar-refractivity contribution >= 4 is 17.3 Å². The summed E-state index contributed by atoms with van der Waals surface area (Å²) in [5, 5.41) is 5.63. The molecule has 100 valence electrons. The van der Waals surface area contributed by atoms with Gasteiger partial charge in [0, 0.05) is 25.0 Å². The number of thiophene rings is 1. The summed E-state index contributed by atoms with van der Waals surface area (Å²) in [7, 11) is 1.87. The van der Waals surface area contributed by atoms with Gasteiger partial charge in [0.2, 0.25) is 0 Å². The van der Waals surface area contributed by atoms with Crippen molar-refractivity contribution in [3.63, 3.8) is 0 Å². The fourth-order valence-electron chi connectivity index (χ4n) is 2.37. The normalized spacial score (nSPS) is 19.3. The van der Waals surface area contributed by atoms with Crippen LogP contribution >= 0.6 is 11.3 Å². The summed E-state index contributed by atoms with van der Waals surface area (Å²) in [6.45, 7) is 9.89. The molecule has 0 aromatic carbocycles. The van der Waals surface area contributed by atoms with E-state index in [0.717, 1.165) is 25.6 Å². The Kier molecular flexibility index (Phi) is 3.95. The molecule has 1 N–H and O–H groups in total. The molecule has 18 heavy (non-hydrogen) atoms. The van der Waals surface area contributed by atoms with Crippen LogP contribution in [0.3, 0.4) is 0 Å². The van der Waals surface area contributed by atoms with Gasteiger partial charge in [-0.25, -0.2) is 0 Å². The van der Waals surface area contributed by atoms with Crippen LogP contribution in [0.4, 0.5) is 0 Å². The van der Waals surface area contributed by atoms with Crippen molar-refractivity contribution in [1.29, 1.82) is 0 Å². The largest absolute Gasteiger partial charge is 0.351 e. The van der Waals surface area contributed by atoms with Crippen LogP contribution in [-0.2, 0) is 6.54 Å². The van der Waals surface area contributed by atoms with Gasteiger partial charge in [-0.2, -0.15) is 0 Å². The van der Waals surface area contributed by atoms with Gasteiger partial charge in [-0.1, -0.05) is 13.8 Å². The monoisotopic (exact) mass is 265 g/mol. The minimum Gasteiger partial charge on any atom is -0.351 e. The zero-order chi connectivity index (χ0) is 13.2. The highest BCUT2D eigenvalue weighted by Crippen LogP contribution is 2.28. The molecule has 1 fully saturated rings. The van der Waals surface area contributed by atoms with Gasteiger partial charge < -0.3 is 10.2 Å². The van der Waals surface area contributed by atoms with E-state index >= 15 is 0 Å². The van der Waals surface area contributed by atoms with E-state index in [-0.39, 0.29) is 0 Å². The van der Waals surface area contributed by atoms with Gasteiger partial charge in [0.25, 0.3) is 0 Å². The van der Waals surface area contributed by atoms with E-state index in [1.54, 1.807) is 0 Å². The van der Waals surface area contributed by atoms with Crippen LogP contribution in [0.15, 0.2) is 16.4 Å². The number of aliphatic imine (C=N–C) groups is 1. The molecule has 2 heterocycles. The van der Waals surface area contributed by atoms with Crippen LogP contribution in [0.25, 0.3) is 0 Å². The van der Waals surface area contributed by atoms with E-state index < -0.39 is 0 Å². The summed E-state index contributed by atoms with van der Waals surface area (Å²) in [5.41, 5.74) is 1.78. The molecule has 4 heteroatoms. The highest BCUT2D eigenvalue weighted by atomic mass is 32.1. The molecule has 0 aliphatic carbocycles. The lowest BCUT2D eigenvalue weighted by Crippen LogP contribution is -2.40. The molecule has 1 aromatic heterocycles. The van der Waals surface area contributed by atoms with Crippen LogP contribution < -0.4 is 5.32 Å². The quantitative estimate of drug-likeness (QED) is 0.658. The number of likely N-dealkylation sites (tertiary alicyclic amines) is 1. The van der Waals surface area contributed by atoms with Crippen molar-refractivity contribution in [2.75, 3.05) is 20.1 Å². The summed E-state index contributed by atoms with van der Waals surface area (Å²) in [5.74, 6) is 1.04. The van der Waals surface area contributed by atoms with Gasteiger partial charge in [0.15, 0.2) is 5.96 Å². The van der Waals surface area contributed by atoms with Crippen LogP contribution in [0.2, 0.25) is 0 Å². The van der Waals surface area contributed by atoms with Crippen molar-refractivity contribution in [3.8, 4) is 0 Å². The molecular weight excluding hydrogens is 242 g/mol. The Morgan fingerprint density at radius 1 is 1.56 bits per heavy atom. The first-order valence-electron chi connectivity index (χ1n) is 6.50. The molecule has 0 radical (unpaired) electrons. The maximum absolute atomic E-state index is 4.40. The molecule has 1 saturated heterocycles. The smallest absolute Gasteiger partial charge is 0.193 e. The lowest BCUT2D eigenvalue weighted by molar-refractivity contribution is 0.370. The summed E-state index contributed by atoms with van der Waals surface area (Å²) < 4.78 is 0. The van der Waals surface area contributed by atoms with E-state index in [9.17, 15) is 0 Å². The molecule has 1 aliphatic rings. The van der Waals surface area contributed by atoms with Gasteiger partial charge >= 0.3 is 0 Å². The molecule has 1 aliphatic heterocycles. The molecular formula is C14H23N3S. The SMILES string of the molecule is CN=C(NCc1sccc1C)N1CCC(C)(C)C1. The van der Waals surface area contributed by atoms with Crippen molar-refractivity contribution in [2.45, 2.75) is 33.7 Å². The van der Waals surface area contributed by atoms with E-state index in [4.69, 9.17) is 0 Å². The van der Waals surface area contributed by atoms with E-state index in [1.807, 2.05) is 18.4 Å². The number of guanidine groups is 1. The number of nitrogens with zero attached hydrogens (tertiary/aromatic N) is 2. The second-order valence-corrected chi connectivity index (χ2v) is 6.76. The Bertz CT molecular complexity index is 434. The van der Waals surface area contributed by atoms with Crippen LogP contribution in [0.5, 0.6) is 0 Å². The maximum atomic E-state index is 4.40. The molecule has 3 nitrogen and oxygen atoms in total. The molecule has 0 atom stereocenters. The fraction of sp³-hybridized carbons (Fsp3) is 0.643. The summed E-state index contributed by atoms with van der Waals surface area (Å²) in [6.07, 6.45) is 1.24. The third-order valence-electron chi connectivity index (χ3n) is 3.56. The second-order valence-electron chi connectivity index (χ2n) is 5.76. The third-order valence-corrected chi connectivity index (χ3v) is 4.59. The van der Waals surface area contributed by atoms with E-state index in [2.05, 4.69) is 47.4 Å². The third kappa shape index (κ3) is 3.05. The topological polar surface area (TPSA) is 27.6 Å². The van der Waals surface area contributed by atoms with Gasteiger partial charge in [0.1, 0.15) is 0 Å². The standard InChI is InChI=1S/C14H23N3S/c1-11-5-8-18-12(11)9-16-13(15-4)17-7-6-14(2,3)10-17/h5,8H,6-7,9-10H2,1-4H3,(H,15,16). The molecule has 0 unspecified atom stereocenters. The predicted octanol–water partition coefficient (Wildman–Crippen LogP) is 2.86. The number of hydrogen-bond acceptors (Lipinski definition) is 2. The Balaban J connectivity index is 1.93. The Morgan fingerprint density at radius 3 is 2.83 bits per heavy atom. The van der Waals surface area contributed by atoms with Crippen molar-refractivity contribution in [2.24, 2.45) is 10.4 Å². The van der Waals surface area contributed by atoms with Gasteiger partial charge in [-0.3, -0.25) is 4.99 Å². The lowest BCUT2D eigenvalue weighted by atomic mass is 9.93. The Morgan fingerprint density at radius 2 is 2.33 bits per heavy atom. The zero-order valence-corrected chi connectivity index (χ0v) is 12.6. The highest BCUT2D eigenvalue weighted by Gasteiger charge is 2.30. The molecule has 0 spiro atoms. The first kappa shape index (κ1) is 13.4. The number of rotatable bonds is 2. The lowest BCUT2D eigenvalue weighted by Gasteiger charge is -2.23. The number of aryl methyl sites for hydroxylation is 1. The second kappa shape index (κ2) is 5.31. The predicted molar refractivity (Wildman–Crippen MR) is 79.2 cm³/mol. The number of nitrogens with one attached hydrogen (secondary N) is 1. The summed E-state index contributed by atoms with van der Waals surface area (Å²) in [6, 6.07) is 2.17. The van der Waals surface area contributed by atoms with Crippen molar-refractivity contribution in [1.82, 2.24) is 10.2 Å². The first-order chi connectivity index (χ1) is 8.52. The first-order valence-corrected chi connectivity index (χ1v) is 7.38. The zero-order valence-electron chi connectivity index (χ0n) is 11.8. The molecule has 0 amide bonds. The van der Waals surface area contributed by atoms with Crippen LogP contribution in [0.1, 0.15) is 30.7 Å². The van der Waals surface area contributed by atoms with Crippen molar-refractivity contribution < 1.29 is 0 Å². The Hall–Kier alpha value is -1.03. The summed E-state index contributed by atoms with van der Waals surface area (Å²) in [4.78, 5) is 8.16. The minimum absolute atomic E-state index is 0.413. The van der Waals surface area contributed by atoms with Gasteiger partial charge in [-0.05, 0) is 35.8 Å². The average Bonchev–Trinajstić information content (AvgIpc) is 2.87. The summed E-state index contributed by atoms with van der Waals surface area (Å²) >= 11 is 1.81. The molecule has 2 rings (SSSR count). The number of hydrogen-bond donors (Lipinski definition) is 1. The molecule has 1 aromatic rings. The minimum atomic E-state index is 0.413. The van der Waals surface area contributed by atoms with Gasteiger partial charge in [0.05, 0.1) is 6.54 Å². The van der Waals surface area contributed by atoms with Gasteiger partial charge in [-0.15, -0.1) is 11.3 Å². The van der Waals surface area contributed by atoms with E-state index in [0.29, 0.717) is 5.41 Å². The molecule has 0 bridgehead atoms.